The highest BCUT2D eigenvalue weighted by Gasteiger charge is 2.10. The van der Waals surface area contributed by atoms with Crippen LogP contribution in [0.15, 0.2) is 57.8 Å². The number of rotatable bonds is 4. The van der Waals surface area contributed by atoms with Gasteiger partial charge in [0.15, 0.2) is 0 Å². The minimum Gasteiger partial charge on any atom is -0.325 e. The van der Waals surface area contributed by atoms with Gasteiger partial charge >= 0.3 is 0 Å². The van der Waals surface area contributed by atoms with Gasteiger partial charge in [0.2, 0.25) is 5.91 Å². The normalized spacial score (nSPS) is 10.8. The zero-order chi connectivity index (χ0) is 17.1. The number of amides is 1. The summed E-state index contributed by atoms with van der Waals surface area (Å²) in [6.45, 7) is 1.99. The molecule has 122 valence electrons. The Hall–Kier alpha value is -2.47. The molecule has 0 saturated heterocycles. The number of nitrogens with zero attached hydrogens (tertiary/aromatic N) is 2. The summed E-state index contributed by atoms with van der Waals surface area (Å²) in [6, 6.07) is 14.9. The van der Waals surface area contributed by atoms with Crippen molar-refractivity contribution in [2.75, 3.05) is 5.32 Å². The van der Waals surface area contributed by atoms with E-state index in [2.05, 4.69) is 26.2 Å². The lowest BCUT2D eigenvalue weighted by molar-refractivity contribution is -0.116. The highest BCUT2D eigenvalue weighted by Crippen LogP contribution is 2.21. The maximum Gasteiger partial charge on any atom is 0.272 e. The Morgan fingerprint density at radius 1 is 1.17 bits per heavy atom. The van der Waals surface area contributed by atoms with Gasteiger partial charge in [-0.2, -0.15) is 0 Å². The zero-order valence-corrected chi connectivity index (χ0v) is 14.7. The Bertz CT molecular complexity index is 966. The largest absolute Gasteiger partial charge is 0.325 e. The monoisotopic (exact) mass is 385 g/mol. The van der Waals surface area contributed by atoms with Crippen molar-refractivity contribution in [2.45, 2.75) is 19.9 Å². The molecule has 1 aromatic heterocycles. The Balaban J connectivity index is 1.81. The van der Waals surface area contributed by atoms with E-state index in [9.17, 15) is 9.59 Å². The fraction of sp³-hybridized carbons (Fsp3) is 0.167. The predicted molar refractivity (Wildman–Crippen MR) is 98.1 cm³/mol. The smallest absolute Gasteiger partial charge is 0.272 e. The third-order valence-corrected chi connectivity index (χ3v) is 4.42. The van der Waals surface area contributed by atoms with Crippen LogP contribution in [0.5, 0.6) is 0 Å². The number of hydrogen-bond donors (Lipinski definition) is 1. The van der Waals surface area contributed by atoms with Crippen molar-refractivity contribution in [2.24, 2.45) is 0 Å². The van der Waals surface area contributed by atoms with Gasteiger partial charge in [-0.15, -0.1) is 0 Å². The summed E-state index contributed by atoms with van der Waals surface area (Å²) in [5, 5.41) is 2.85. The third kappa shape index (κ3) is 3.38. The Labute approximate surface area is 147 Å². The lowest BCUT2D eigenvalue weighted by atomic mass is 10.2. The number of halogens is 1. The predicted octanol–water partition coefficient (Wildman–Crippen LogP) is 3.50. The first kappa shape index (κ1) is 16.4. The van der Waals surface area contributed by atoms with E-state index in [0.717, 1.165) is 15.5 Å². The van der Waals surface area contributed by atoms with Gasteiger partial charge in [-0.3, -0.25) is 9.59 Å². The van der Waals surface area contributed by atoms with Crippen LogP contribution in [0.2, 0.25) is 0 Å². The molecule has 3 aromatic rings. The highest BCUT2D eigenvalue weighted by atomic mass is 79.9. The molecule has 1 heterocycles. The summed E-state index contributed by atoms with van der Waals surface area (Å²) in [6.07, 6.45) is 0.203. The van der Waals surface area contributed by atoms with Crippen LogP contribution in [0.25, 0.3) is 11.0 Å². The van der Waals surface area contributed by atoms with Gasteiger partial charge in [0, 0.05) is 17.4 Å². The number of hydrogen-bond acceptors (Lipinski definition) is 3. The molecule has 5 nitrogen and oxygen atoms in total. The van der Waals surface area contributed by atoms with Gasteiger partial charge in [0.1, 0.15) is 5.69 Å². The lowest BCUT2D eigenvalue weighted by Crippen LogP contribution is -2.26. The quantitative estimate of drug-likeness (QED) is 0.747. The molecule has 2 aromatic carbocycles. The molecule has 24 heavy (non-hydrogen) atoms. The summed E-state index contributed by atoms with van der Waals surface area (Å²) >= 11 is 3.40. The van der Waals surface area contributed by atoms with E-state index in [0.29, 0.717) is 17.9 Å². The van der Waals surface area contributed by atoms with E-state index in [1.54, 1.807) is 11.5 Å². The van der Waals surface area contributed by atoms with Crippen LogP contribution in [0, 0.1) is 6.92 Å². The van der Waals surface area contributed by atoms with E-state index in [1.807, 2.05) is 48.5 Å². The molecule has 0 aliphatic heterocycles. The number of anilines is 1. The van der Waals surface area contributed by atoms with E-state index in [-0.39, 0.29) is 17.9 Å². The average Bonchev–Trinajstić information content (AvgIpc) is 2.57. The van der Waals surface area contributed by atoms with Crippen molar-refractivity contribution < 1.29 is 4.79 Å². The van der Waals surface area contributed by atoms with Crippen LogP contribution >= 0.6 is 15.9 Å². The van der Waals surface area contributed by atoms with Crippen LogP contribution in [0.1, 0.15) is 12.1 Å². The minimum atomic E-state index is -0.164. The van der Waals surface area contributed by atoms with E-state index < -0.39 is 0 Å². The maximum absolute atomic E-state index is 12.4. The first-order valence-corrected chi connectivity index (χ1v) is 8.36. The SMILES string of the molecule is Cc1nc2ccccc2n(CCC(=O)Nc2ccccc2Br)c1=O. The molecule has 1 N–H and O–H groups in total. The zero-order valence-electron chi connectivity index (χ0n) is 13.1. The molecule has 0 aliphatic carbocycles. The van der Waals surface area contributed by atoms with Gasteiger partial charge in [0.25, 0.3) is 5.56 Å². The number of aryl methyl sites for hydroxylation is 2. The number of nitrogens with one attached hydrogen (secondary N) is 1. The van der Waals surface area contributed by atoms with Gasteiger partial charge in [-0.25, -0.2) is 4.98 Å². The van der Waals surface area contributed by atoms with Gasteiger partial charge in [0.05, 0.1) is 16.7 Å². The summed E-state index contributed by atoms with van der Waals surface area (Å²) < 4.78 is 2.43. The van der Waals surface area contributed by atoms with Crippen molar-refractivity contribution in [3.63, 3.8) is 0 Å². The number of carbonyl (C=O) groups is 1. The standard InChI is InChI=1S/C18H16BrN3O2/c1-12-18(24)22(16-9-5-4-8-15(16)20-12)11-10-17(23)21-14-7-3-2-6-13(14)19/h2-9H,10-11H2,1H3,(H,21,23). The molecule has 6 heteroatoms. The fourth-order valence-corrected chi connectivity index (χ4v) is 2.91. The van der Waals surface area contributed by atoms with Crippen molar-refractivity contribution in [3.8, 4) is 0 Å². The van der Waals surface area contributed by atoms with Crippen molar-refractivity contribution in [1.82, 2.24) is 9.55 Å². The van der Waals surface area contributed by atoms with E-state index >= 15 is 0 Å². The number of aromatic nitrogens is 2. The maximum atomic E-state index is 12.4. The first-order chi connectivity index (χ1) is 11.6. The fourth-order valence-electron chi connectivity index (χ4n) is 2.53. The molecular weight excluding hydrogens is 370 g/mol. The Morgan fingerprint density at radius 2 is 1.88 bits per heavy atom. The van der Waals surface area contributed by atoms with Gasteiger partial charge in [-0.05, 0) is 47.1 Å². The number of benzene rings is 2. The molecule has 0 unspecified atom stereocenters. The summed E-state index contributed by atoms with van der Waals surface area (Å²) in [7, 11) is 0. The van der Waals surface area contributed by atoms with Gasteiger partial charge in [-0.1, -0.05) is 24.3 Å². The first-order valence-electron chi connectivity index (χ1n) is 7.57. The molecule has 0 spiro atoms. The molecule has 0 aliphatic rings. The second-order valence-corrected chi connectivity index (χ2v) is 6.28. The minimum absolute atomic E-state index is 0.146. The molecule has 0 fully saturated rings. The van der Waals surface area contributed by atoms with Gasteiger partial charge < -0.3 is 9.88 Å². The third-order valence-electron chi connectivity index (χ3n) is 3.73. The number of carbonyl (C=O) groups excluding carboxylic acids is 1. The summed E-state index contributed by atoms with van der Waals surface area (Å²) in [5.74, 6) is -0.146. The van der Waals surface area contributed by atoms with Crippen molar-refractivity contribution in [3.05, 3.63) is 69.1 Å². The second kappa shape index (κ2) is 6.97. The van der Waals surface area contributed by atoms with Crippen LogP contribution in [-0.4, -0.2) is 15.5 Å². The van der Waals surface area contributed by atoms with Crippen LogP contribution < -0.4 is 10.9 Å². The molecule has 0 atom stereocenters. The summed E-state index contributed by atoms with van der Waals surface area (Å²) in [4.78, 5) is 28.9. The number of fused-ring (bicyclic) bond motifs is 1. The summed E-state index contributed by atoms with van der Waals surface area (Å²) in [5.41, 5.74) is 2.47. The Kier molecular flexibility index (Phi) is 4.76. The lowest BCUT2D eigenvalue weighted by Gasteiger charge is -2.11. The van der Waals surface area contributed by atoms with Crippen LogP contribution in [-0.2, 0) is 11.3 Å². The highest BCUT2D eigenvalue weighted by molar-refractivity contribution is 9.10. The topological polar surface area (TPSA) is 64.0 Å². The molecule has 3 rings (SSSR count). The Morgan fingerprint density at radius 3 is 2.67 bits per heavy atom. The molecular formula is C18H16BrN3O2. The van der Waals surface area contributed by atoms with Crippen LogP contribution in [0.4, 0.5) is 5.69 Å². The molecule has 1 amide bonds. The second-order valence-electron chi connectivity index (χ2n) is 5.42. The van der Waals surface area contributed by atoms with Crippen molar-refractivity contribution >= 4 is 38.6 Å². The molecule has 0 bridgehead atoms. The van der Waals surface area contributed by atoms with E-state index in [4.69, 9.17) is 0 Å². The van der Waals surface area contributed by atoms with Crippen LogP contribution in [0.3, 0.4) is 0 Å². The average molecular weight is 386 g/mol. The van der Waals surface area contributed by atoms with E-state index in [1.165, 1.54) is 0 Å². The molecule has 0 radical (unpaired) electrons. The van der Waals surface area contributed by atoms with Crippen molar-refractivity contribution in [1.29, 1.82) is 0 Å². The molecule has 0 saturated carbocycles. The number of para-hydroxylation sites is 3.